The first-order valence-electron chi connectivity index (χ1n) is 6.22. The third kappa shape index (κ3) is 4.41. The summed E-state index contributed by atoms with van der Waals surface area (Å²) in [4.78, 5) is 30.9. The van der Waals surface area contributed by atoms with E-state index in [1.54, 1.807) is 19.1 Å². The van der Waals surface area contributed by atoms with E-state index in [-0.39, 0.29) is 11.6 Å². The number of nitrogens with one attached hydrogen (secondary N) is 1. The average molecular weight is 290 g/mol. The molecule has 0 aromatic carbocycles. The first kappa shape index (κ1) is 16.4. The van der Waals surface area contributed by atoms with Crippen molar-refractivity contribution in [2.45, 2.75) is 19.9 Å². The summed E-state index contributed by atoms with van der Waals surface area (Å²) in [6.45, 7) is 7.00. The van der Waals surface area contributed by atoms with Crippen molar-refractivity contribution in [3.05, 3.63) is 36.2 Å². The standard InChI is InChI=1S/C14H18N4O3/c1-5-6-8(2)10-7-11(12(15)19)18-14(17-10)16-9(3)13(20)21-4/h5-7,9H,1H2,2-4H3,(H2,15,19)(H,16,17,18). The molecule has 1 heterocycles. The Morgan fingerprint density at radius 2 is 2.05 bits per heavy atom. The number of methoxy groups -OCH3 is 1. The van der Waals surface area contributed by atoms with Gasteiger partial charge in [-0.2, -0.15) is 0 Å². The summed E-state index contributed by atoms with van der Waals surface area (Å²) in [6, 6.07) is 0.820. The van der Waals surface area contributed by atoms with Gasteiger partial charge in [0.2, 0.25) is 5.95 Å². The van der Waals surface area contributed by atoms with Gasteiger partial charge in [-0.3, -0.25) is 4.79 Å². The Morgan fingerprint density at radius 3 is 2.57 bits per heavy atom. The Labute approximate surface area is 122 Å². The van der Waals surface area contributed by atoms with Crippen LogP contribution in [0, 0.1) is 0 Å². The zero-order valence-electron chi connectivity index (χ0n) is 12.2. The Hall–Kier alpha value is -2.70. The topological polar surface area (TPSA) is 107 Å². The van der Waals surface area contributed by atoms with Crippen LogP contribution in [0.5, 0.6) is 0 Å². The number of primary amides is 1. The fourth-order valence-electron chi connectivity index (χ4n) is 1.53. The molecule has 0 aliphatic rings. The highest BCUT2D eigenvalue weighted by Gasteiger charge is 2.16. The highest BCUT2D eigenvalue weighted by Crippen LogP contribution is 2.15. The van der Waals surface area contributed by atoms with Crippen LogP contribution in [0.25, 0.3) is 5.57 Å². The molecule has 0 bridgehead atoms. The Balaban J connectivity index is 3.20. The molecule has 0 saturated carbocycles. The maximum absolute atomic E-state index is 11.4. The summed E-state index contributed by atoms with van der Waals surface area (Å²) in [7, 11) is 1.28. The van der Waals surface area contributed by atoms with Gasteiger partial charge in [0.05, 0.1) is 12.8 Å². The summed E-state index contributed by atoms with van der Waals surface area (Å²) in [5, 5.41) is 2.77. The molecule has 112 valence electrons. The number of nitrogens with zero attached hydrogens (tertiary/aromatic N) is 2. The predicted octanol–water partition coefficient (Wildman–Crippen LogP) is 1.14. The Morgan fingerprint density at radius 1 is 1.43 bits per heavy atom. The van der Waals surface area contributed by atoms with Crippen LogP contribution >= 0.6 is 0 Å². The monoisotopic (exact) mass is 290 g/mol. The van der Waals surface area contributed by atoms with Gasteiger partial charge in [-0.1, -0.05) is 18.7 Å². The van der Waals surface area contributed by atoms with Crippen LogP contribution in [-0.4, -0.2) is 35.0 Å². The number of carbonyl (C=O) groups is 2. The van der Waals surface area contributed by atoms with Gasteiger partial charge < -0.3 is 15.8 Å². The van der Waals surface area contributed by atoms with Crippen molar-refractivity contribution in [3.8, 4) is 0 Å². The number of nitrogens with two attached hydrogens (primary N) is 1. The predicted molar refractivity (Wildman–Crippen MR) is 79.5 cm³/mol. The minimum Gasteiger partial charge on any atom is -0.467 e. The van der Waals surface area contributed by atoms with Crippen molar-refractivity contribution in [3.63, 3.8) is 0 Å². The van der Waals surface area contributed by atoms with Crippen molar-refractivity contribution in [1.29, 1.82) is 0 Å². The van der Waals surface area contributed by atoms with Crippen LogP contribution in [0.4, 0.5) is 5.95 Å². The van der Waals surface area contributed by atoms with Crippen molar-refractivity contribution < 1.29 is 14.3 Å². The number of hydrogen-bond acceptors (Lipinski definition) is 6. The lowest BCUT2D eigenvalue weighted by Crippen LogP contribution is -2.28. The summed E-state index contributed by atoms with van der Waals surface area (Å²) in [5.41, 5.74) is 6.60. The second kappa shape index (κ2) is 7.18. The second-order valence-electron chi connectivity index (χ2n) is 4.30. The zero-order valence-corrected chi connectivity index (χ0v) is 12.2. The van der Waals surface area contributed by atoms with Crippen LogP contribution in [0.15, 0.2) is 24.8 Å². The molecule has 7 nitrogen and oxygen atoms in total. The van der Waals surface area contributed by atoms with Crippen molar-refractivity contribution in [2.24, 2.45) is 5.73 Å². The first-order valence-corrected chi connectivity index (χ1v) is 6.22. The number of ether oxygens (including phenoxy) is 1. The maximum Gasteiger partial charge on any atom is 0.328 e. The molecule has 1 aromatic heterocycles. The molecule has 21 heavy (non-hydrogen) atoms. The fraction of sp³-hybridized carbons (Fsp3) is 0.286. The van der Waals surface area contributed by atoms with Crippen LogP contribution in [0.1, 0.15) is 30.0 Å². The van der Waals surface area contributed by atoms with E-state index in [0.717, 1.165) is 5.57 Å². The lowest BCUT2D eigenvalue weighted by Gasteiger charge is -2.13. The van der Waals surface area contributed by atoms with Gasteiger partial charge in [0.25, 0.3) is 5.91 Å². The molecule has 0 spiro atoms. The molecule has 1 amide bonds. The van der Waals surface area contributed by atoms with Gasteiger partial charge in [-0.15, -0.1) is 0 Å². The summed E-state index contributed by atoms with van der Waals surface area (Å²) in [5.74, 6) is -1.03. The van der Waals surface area contributed by atoms with Crippen LogP contribution in [0.3, 0.4) is 0 Å². The summed E-state index contributed by atoms with van der Waals surface area (Å²) >= 11 is 0. The van der Waals surface area contributed by atoms with Gasteiger partial charge in [0.15, 0.2) is 0 Å². The molecular formula is C14H18N4O3. The smallest absolute Gasteiger partial charge is 0.328 e. The van der Waals surface area contributed by atoms with Gasteiger partial charge >= 0.3 is 5.97 Å². The highest BCUT2D eigenvalue weighted by atomic mass is 16.5. The molecule has 0 radical (unpaired) electrons. The summed E-state index contributed by atoms with van der Waals surface area (Å²) in [6.07, 6.45) is 3.34. The molecular weight excluding hydrogens is 272 g/mol. The molecule has 0 fully saturated rings. The number of carbonyl (C=O) groups excluding carboxylic acids is 2. The second-order valence-corrected chi connectivity index (χ2v) is 4.30. The average Bonchev–Trinajstić information content (AvgIpc) is 2.46. The third-order valence-corrected chi connectivity index (χ3v) is 2.65. The number of anilines is 1. The molecule has 1 atom stereocenters. The van der Waals surface area contributed by atoms with E-state index in [1.165, 1.54) is 13.2 Å². The molecule has 3 N–H and O–H groups in total. The normalized spacial score (nSPS) is 12.4. The molecule has 7 heteroatoms. The molecule has 0 aliphatic carbocycles. The Kier molecular flexibility index (Phi) is 5.59. The molecule has 0 saturated heterocycles. The van der Waals surface area contributed by atoms with E-state index in [1.807, 2.05) is 6.92 Å². The highest BCUT2D eigenvalue weighted by molar-refractivity contribution is 5.92. The third-order valence-electron chi connectivity index (χ3n) is 2.65. The van der Waals surface area contributed by atoms with Crippen LogP contribution in [0.2, 0.25) is 0 Å². The maximum atomic E-state index is 11.4. The van der Waals surface area contributed by atoms with E-state index >= 15 is 0 Å². The van der Waals surface area contributed by atoms with E-state index in [0.29, 0.717) is 5.69 Å². The quantitative estimate of drug-likeness (QED) is 0.601. The van der Waals surface area contributed by atoms with Crippen molar-refractivity contribution in [1.82, 2.24) is 9.97 Å². The summed E-state index contributed by atoms with van der Waals surface area (Å²) < 4.78 is 4.60. The fourth-order valence-corrected chi connectivity index (χ4v) is 1.53. The van der Waals surface area contributed by atoms with Gasteiger partial charge in [-0.25, -0.2) is 14.8 Å². The number of allylic oxidation sites excluding steroid dienone is 3. The zero-order chi connectivity index (χ0) is 16.0. The number of esters is 1. The molecule has 1 aromatic rings. The van der Waals surface area contributed by atoms with E-state index in [2.05, 4.69) is 26.6 Å². The van der Waals surface area contributed by atoms with Crippen molar-refractivity contribution >= 4 is 23.4 Å². The number of amides is 1. The van der Waals surface area contributed by atoms with E-state index in [4.69, 9.17) is 5.73 Å². The van der Waals surface area contributed by atoms with Gasteiger partial charge in [-0.05, 0) is 25.5 Å². The molecule has 1 unspecified atom stereocenters. The Bertz CT molecular complexity index is 596. The van der Waals surface area contributed by atoms with Crippen LogP contribution in [-0.2, 0) is 9.53 Å². The van der Waals surface area contributed by atoms with E-state index < -0.39 is 17.9 Å². The van der Waals surface area contributed by atoms with Crippen LogP contribution < -0.4 is 11.1 Å². The van der Waals surface area contributed by atoms with E-state index in [9.17, 15) is 9.59 Å². The largest absolute Gasteiger partial charge is 0.467 e. The SMILES string of the molecule is C=CC=C(C)c1cc(C(N)=O)nc(NC(C)C(=O)OC)n1. The minimum atomic E-state index is -0.682. The van der Waals surface area contributed by atoms with Crippen molar-refractivity contribution in [2.75, 3.05) is 12.4 Å². The molecule has 0 aliphatic heterocycles. The molecule has 1 rings (SSSR count). The lowest BCUT2D eigenvalue weighted by molar-refractivity contribution is -0.141. The number of hydrogen-bond donors (Lipinski definition) is 2. The first-order chi connectivity index (χ1) is 9.88. The minimum absolute atomic E-state index is 0.0522. The number of aromatic nitrogens is 2. The number of rotatable bonds is 6. The van der Waals surface area contributed by atoms with Gasteiger partial charge in [0, 0.05) is 0 Å². The lowest BCUT2D eigenvalue weighted by atomic mass is 10.1. The van der Waals surface area contributed by atoms with Gasteiger partial charge in [0.1, 0.15) is 11.7 Å².